The summed E-state index contributed by atoms with van der Waals surface area (Å²) >= 11 is 0. The molecule has 0 fully saturated rings. The SMILES string of the molecule is CC(C)CCOP(C)N(C(C)C)C(C)C. The van der Waals surface area contributed by atoms with Gasteiger partial charge in [0.2, 0.25) is 0 Å². The van der Waals surface area contributed by atoms with Gasteiger partial charge in [0, 0.05) is 12.1 Å². The first-order valence-electron chi connectivity index (χ1n) is 6.01. The van der Waals surface area contributed by atoms with Crippen molar-refractivity contribution >= 4 is 8.30 Å². The lowest BCUT2D eigenvalue weighted by atomic mass is 10.2. The summed E-state index contributed by atoms with van der Waals surface area (Å²) < 4.78 is 8.40. The van der Waals surface area contributed by atoms with Gasteiger partial charge in [0.25, 0.3) is 0 Å². The summed E-state index contributed by atoms with van der Waals surface area (Å²) in [6.07, 6.45) is 1.16. The molecule has 0 heterocycles. The highest BCUT2D eigenvalue weighted by molar-refractivity contribution is 7.49. The summed E-state index contributed by atoms with van der Waals surface area (Å²) in [5.74, 6) is 0.736. The van der Waals surface area contributed by atoms with Gasteiger partial charge in [0.15, 0.2) is 0 Å². The highest BCUT2D eigenvalue weighted by Gasteiger charge is 2.20. The molecular weight excluding hydrogens is 205 g/mol. The van der Waals surface area contributed by atoms with Crippen molar-refractivity contribution in [1.29, 1.82) is 0 Å². The largest absolute Gasteiger partial charge is 0.344 e. The Hall–Kier alpha value is 0.350. The van der Waals surface area contributed by atoms with Crippen LogP contribution in [0.5, 0.6) is 0 Å². The van der Waals surface area contributed by atoms with Crippen molar-refractivity contribution in [2.45, 2.75) is 60.0 Å². The molecule has 0 rings (SSSR count). The molecule has 0 spiro atoms. The van der Waals surface area contributed by atoms with Crippen LogP contribution in [0.15, 0.2) is 0 Å². The molecule has 0 aromatic rings. The molecule has 0 bridgehead atoms. The van der Waals surface area contributed by atoms with Gasteiger partial charge in [-0.1, -0.05) is 13.8 Å². The zero-order chi connectivity index (χ0) is 12.0. The summed E-state index contributed by atoms with van der Waals surface area (Å²) in [4.78, 5) is 0. The molecule has 0 saturated carbocycles. The third-order valence-electron chi connectivity index (χ3n) is 2.36. The molecule has 0 aromatic carbocycles. The molecule has 92 valence electrons. The first-order chi connectivity index (χ1) is 6.86. The second-order valence-electron chi connectivity index (χ2n) is 5.05. The molecule has 1 unspecified atom stereocenters. The number of nitrogens with zero attached hydrogens (tertiary/aromatic N) is 1. The van der Waals surface area contributed by atoms with Crippen LogP contribution in [0.2, 0.25) is 0 Å². The van der Waals surface area contributed by atoms with E-state index in [0.29, 0.717) is 12.1 Å². The van der Waals surface area contributed by atoms with Crippen LogP contribution in [-0.2, 0) is 4.52 Å². The van der Waals surface area contributed by atoms with Gasteiger partial charge in [0.1, 0.15) is 8.30 Å². The Labute approximate surface area is 97.3 Å². The molecule has 0 aliphatic rings. The van der Waals surface area contributed by atoms with Gasteiger partial charge >= 0.3 is 0 Å². The third kappa shape index (κ3) is 6.50. The number of hydrogen-bond donors (Lipinski definition) is 0. The average molecular weight is 233 g/mol. The van der Waals surface area contributed by atoms with Crippen LogP contribution in [0.3, 0.4) is 0 Å². The highest BCUT2D eigenvalue weighted by Crippen LogP contribution is 2.41. The lowest BCUT2D eigenvalue weighted by Crippen LogP contribution is -2.32. The first-order valence-corrected chi connectivity index (χ1v) is 7.67. The maximum absolute atomic E-state index is 5.93. The van der Waals surface area contributed by atoms with E-state index >= 15 is 0 Å². The fourth-order valence-electron chi connectivity index (χ4n) is 1.73. The molecule has 15 heavy (non-hydrogen) atoms. The molecular formula is C12H28NOP. The first kappa shape index (κ1) is 15.3. The van der Waals surface area contributed by atoms with E-state index in [1.807, 2.05) is 0 Å². The molecule has 0 N–H and O–H groups in total. The van der Waals surface area contributed by atoms with Crippen molar-refractivity contribution in [2.75, 3.05) is 13.3 Å². The van der Waals surface area contributed by atoms with Crippen LogP contribution in [0.25, 0.3) is 0 Å². The number of rotatable bonds is 7. The Balaban J connectivity index is 3.98. The fraction of sp³-hybridized carbons (Fsp3) is 1.00. The van der Waals surface area contributed by atoms with Crippen LogP contribution in [0.4, 0.5) is 0 Å². The monoisotopic (exact) mass is 233 g/mol. The highest BCUT2D eigenvalue weighted by atomic mass is 31.2. The maximum atomic E-state index is 5.93. The van der Waals surface area contributed by atoms with E-state index in [1.54, 1.807) is 0 Å². The molecule has 3 heteroatoms. The normalized spacial score (nSPS) is 14.6. The Bertz CT molecular complexity index is 152. The van der Waals surface area contributed by atoms with E-state index in [2.05, 4.69) is 52.9 Å². The van der Waals surface area contributed by atoms with Crippen molar-refractivity contribution in [1.82, 2.24) is 4.67 Å². The lowest BCUT2D eigenvalue weighted by molar-refractivity contribution is 0.246. The summed E-state index contributed by atoms with van der Waals surface area (Å²) in [5, 5.41) is 0. The topological polar surface area (TPSA) is 12.5 Å². The molecule has 0 saturated heterocycles. The zero-order valence-corrected chi connectivity index (χ0v) is 12.3. The summed E-state index contributed by atoms with van der Waals surface area (Å²) in [6.45, 7) is 16.6. The number of hydrogen-bond acceptors (Lipinski definition) is 2. The Kier molecular flexibility index (Phi) is 7.77. The minimum Gasteiger partial charge on any atom is -0.344 e. The Morgan fingerprint density at radius 1 is 1.00 bits per heavy atom. The molecule has 1 atom stereocenters. The molecule has 0 amide bonds. The van der Waals surface area contributed by atoms with E-state index in [1.165, 1.54) is 0 Å². The van der Waals surface area contributed by atoms with Crippen molar-refractivity contribution in [3.05, 3.63) is 0 Å². The predicted octanol–water partition coefficient (Wildman–Crippen LogP) is 4.11. The van der Waals surface area contributed by atoms with Gasteiger partial charge in [-0.05, 0) is 46.7 Å². The minimum atomic E-state index is -0.420. The summed E-state index contributed by atoms with van der Waals surface area (Å²) in [6, 6.07) is 1.14. The van der Waals surface area contributed by atoms with Crippen LogP contribution >= 0.6 is 8.30 Å². The van der Waals surface area contributed by atoms with E-state index in [4.69, 9.17) is 4.52 Å². The molecule has 2 nitrogen and oxygen atoms in total. The molecule has 0 aromatic heterocycles. The van der Waals surface area contributed by atoms with E-state index < -0.39 is 8.30 Å². The van der Waals surface area contributed by atoms with Gasteiger partial charge in [-0.3, -0.25) is 4.67 Å². The Morgan fingerprint density at radius 2 is 1.47 bits per heavy atom. The van der Waals surface area contributed by atoms with Crippen molar-refractivity contribution in [2.24, 2.45) is 5.92 Å². The van der Waals surface area contributed by atoms with Crippen LogP contribution < -0.4 is 0 Å². The van der Waals surface area contributed by atoms with Crippen LogP contribution in [0, 0.1) is 5.92 Å². The average Bonchev–Trinajstić information content (AvgIpc) is 2.01. The zero-order valence-electron chi connectivity index (χ0n) is 11.4. The molecule has 0 radical (unpaired) electrons. The fourth-order valence-corrected chi connectivity index (χ4v) is 3.54. The van der Waals surface area contributed by atoms with Gasteiger partial charge in [-0.25, -0.2) is 0 Å². The van der Waals surface area contributed by atoms with Gasteiger partial charge < -0.3 is 4.52 Å². The van der Waals surface area contributed by atoms with Crippen molar-refractivity contribution in [3.63, 3.8) is 0 Å². The van der Waals surface area contributed by atoms with Crippen LogP contribution in [-0.4, -0.2) is 30.0 Å². The summed E-state index contributed by atoms with van der Waals surface area (Å²) in [5.41, 5.74) is 0. The lowest BCUT2D eigenvalue weighted by Gasteiger charge is -2.35. The molecule has 0 aliphatic carbocycles. The van der Waals surface area contributed by atoms with E-state index in [-0.39, 0.29) is 0 Å². The minimum absolute atomic E-state index is 0.420. The van der Waals surface area contributed by atoms with Crippen LogP contribution in [0.1, 0.15) is 48.0 Å². The maximum Gasteiger partial charge on any atom is 0.101 e. The smallest absolute Gasteiger partial charge is 0.101 e. The predicted molar refractivity (Wildman–Crippen MR) is 70.4 cm³/mol. The Morgan fingerprint density at radius 3 is 1.80 bits per heavy atom. The van der Waals surface area contributed by atoms with Crippen molar-refractivity contribution in [3.8, 4) is 0 Å². The third-order valence-corrected chi connectivity index (χ3v) is 4.49. The van der Waals surface area contributed by atoms with Gasteiger partial charge in [0.05, 0.1) is 6.61 Å². The van der Waals surface area contributed by atoms with Gasteiger partial charge in [-0.15, -0.1) is 0 Å². The standard InChI is InChI=1S/C12H28NOP/c1-10(2)8-9-14-15(7)13(11(3)4)12(5)6/h10-12H,8-9H2,1-7H3. The second kappa shape index (κ2) is 7.60. The summed E-state index contributed by atoms with van der Waals surface area (Å²) in [7, 11) is -0.420. The van der Waals surface area contributed by atoms with Gasteiger partial charge in [-0.2, -0.15) is 0 Å². The molecule has 0 aliphatic heterocycles. The quantitative estimate of drug-likeness (QED) is 0.613. The van der Waals surface area contributed by atoms with Crippen molar-refractivity contribution < 1.29 is 4.52 Å². The second-order valence-corrected chi connectivity index (χ2v) is 6.70. The van der Waals surface area contributed by atoms with E-state index in [9.17, 15) is 0 Å². The van der Waals surface area contributed by atoms with E-state index in [0.717, 1.165) is 18.9 Å².